The summed E-state index contributed by atoms with van der Waals surface area (Å²) >= 11 is 3.77. The van der Waals surface area contributed by atoms with E-state index < -0.39 is 0 Å². The van der Waals surface area contributed by atoms with Crippen molar-refractivity contribution in [2.24, 2.45) is 5.73 Å². The minimum Gasteiger partial charge on any atom is -0.356 e. The van der Waals surface area contributed by atoms with E-state index >= 15 is 0 Å². The van der Waals surface area contributed by atoms with Gasteiger partial charge in [-0.2, -0.15) is 23.5 Å². The van der Waals surface area contributed by atoms with E-state index in [2.05, 4.69) is 37.2 Å². The molecule has 332 valence electrons. The Balaban J connectivity index is 0.907. The average molecular weight is 871 g/mol. The van der Waals surface area contributed by atoms with Gasteiger partial charge in [-0.15, -0.1) is 0 Å². The van der Waals surface area contributed by atoms with Gasteiger partial charge in [0.25, 0.3) is 5.91 Å². The second-order valence-electron chi connectivity index (χ2n) is 16.6. The topological polar surface area (TPSA) is 230 Å². The lowest BCUT2D eigenvalue weighted by Gasteiger charge is -2.16. The molecular formula is C43H66N8O7S2. The Hall–Kier alpha value is -3.83. The van der Waals surface area contributed by atoms with Gasteiger partial charge in [0, 0.05) is 92.3 Å². The van der Waals surface area contributed by atoms with Gasteiger partial charge in [-0.05, 0) is 74.6 Å². The molecule has 60 heavy (non-hydrogen) atoms. The van der Waals surface area contributed by atoms with Crippen molar-refractivity contribution in [1.29, 1.82) is 0 Å². The molecule has 5 rings (SSSR count). The number of hydrogen-bond donors (Lipinski definition) is 8. The molecule has 4 fully saturated rings. The fourth-order valence-electron chi connectivity index (χ4n) is 8.45. The highest BCUT2D eigenvalue weighted by Crippen LogP contribution is 2.34. The number of ketones is 2. The van der Waals surface area contributed by atoms with Crippen molar-refractivity contribution in [3.63, 3.8) is 0 Å². The molecule has 17 heteroatoms. The lowest BCUT2D eigenvalue weighted by Crippen LogP contribution is -2.36. The number of thioether (sulfide) groups is 2. The third-order valence-corrected chi connectivity index (χ3v) is 14.6. The van der Waals surface area contributed by atoms with Crippen LogP contribution in [0.15, 0.2) is 18.2 Å². The minimum atomic E-state index is -0.294. The Kier molecular flexibility index (Phi) is 19.8. The van der Waals surface area contributed by atoms with Gasteiger partial charge in [0.2, 0.25) is 11.8 Å². The summed E-state index contributed by atoms with van der Waals surface area (Å²) in [4.78, 5) is 86.5. The average Bonchev–Trinajstić information content (AvgIpc) is 3.98. The first-order valence-electron chi connectivity index (χ1n) is 22.1. The number of fused-ring (bicyclic) bond motifs is 2. The molecule has 7 amide bonds. The van der Waals surface area contributed by atoms with Crippen LogP contribution in [0.3, 0.4) is 0 Å². The van der Waals surface area contributed by atoms with Crippen LogP contribution in [0, 0.1) is 0 Å². The van der Waals surface area contributed by atoms with Crippen LogP contribution in [0.4, 0.5) is 9.59 Å². The van der Waals surface area contributed by atoms with Crippen LogP contribution in [0.5, 0.6) is 0 Å². The Labute approximate surface area is 362 Å². The van der Waals surface area contributed by atoms with E-state index in [4.69, 9.17) is 5.73 Å². The second-order valence-corrected chi connectivity index (χ2v) is 19.1. The van der Waals surface area contributed by atoms with Crippen molar-refractivity contribution < 1.29 is 33.6 Å². The number of hydrogen-bond acceptors (Lipinski definition) is 10. The highest BCUT2D eigenvalue weighted by atomic mass is 32.2. The lowest BCUT2D eigenvalue weighted by molar-refractivity contribution is -0.122. The van der Waals surface area contributed by atoms with Crippen molar-refractivity contribution in [2.75, 3.05) is 37.7 Å². The van der Waals surface area contributed by atoms with E-state index in [1.165, 1.54) is 0 Å². The Morgan fingerprint density at radius 3 is 1.50 bits per heavy atom. The van der Waals surface area contributed by atoms with Crippen molar-refractivity contribution in [2.45, 2.75) is 150 Å². The van der Waals surface area contributed by atoms with Crippen molar-refractivity contribution in [3.05, 3.63) is 34.9 Å². The molecule has 0 radical (unpaired) electrons. The van der Waals surface area contributed by atoms with Gasteiger partial charge in [-0.3, -0.25) is 24.0 Å². The number of benzene rings is 1. The zero-order chi connectivity index (χ0) is 42.7. The first kappa shape index (κ1) is 47.2. The Morgan fingerprint density at radius 1 is 0.567 bits per heavy atom. The normalized spacial score (nSPS) is 22.6. The number of Topliss-reactive ketones (excluding diaryl/α,β-unsaturated/α-hetero) is 2. The SMILES string of the molecule is NCCNC(=O)c1cc(CC(=O)CCCCCNC(=O)CCCCC2SCC3NC(=O)NC32)cc(CC(=O)CCCCCNC(=O)CCCCC2SCC3NC(=O)NC32)c1. The molecule has 0 aromatic heterocycles. The number of amides is 7. The van der Waals surface area contributed by atoms with E-state index in [0.29, 0.717) is 91.9 Å². The summed E-state index contributed by atoms with van der Waals surface area (Å²) in [6, 6.07) is 5.94. The number of carbonyl (C=O) groups is 7. The smallest absolute Gasteiger partial charge is 0.315 e. The maximum absolute atomic E-state index is 13.0. The highest BCUT2D eigenvalue weighted by Gasteiger charge is 2.43. The monoisotopic (exact) mass is 870 g/mol. The van der Waals surface area contributed by atoms with Crippen LogP contribution >= 0.6 is 23.5 Å². The van der Waals surface area contributed by atoms with Crippen molar-refractivity contribution >= 4 is 64.9 Å². The van der Waals surface area contributed by atoms with Gasteiger partial charge >= 0.3 is 12.1 Å². The summed E-state index contributed by atoms with van der Waals surface area (Å²) in [5, 5.41) is 21.5. The maximum Gasteiger partial charge on any atom is 0.315 e. The molecule has 0 spiro atoms. The number of nitrogens with two attached hydrogens (primary N) is 1. The summed E-state index contributed by atoms with van der Waals surface area (Å²) in [7, 11) is 0. The standard InChI is InChI=1S/C43H66N8O7S2/c44-17-20-47-41(56)30-22-28(24-31(52)11-3-1-9-18-45-37(54)15-7-5-13-35-39-33(26-59-35)48-42(57)50-39)21-29(23-30)25-32(53)12-4-2-10-19-46-38(55)16-8-6-14-36-40-34(27-60-36)49-43(58)51-40/h21-23,33-36,39-40H,1-20,24-27,44H2,(H,45,54)(H,46,55)(H,47,56)(H2,48,50,57)(H2,49,51,58). The fraction of sp³-hybridized carbons (Fsp3) is 0.698. The predicted molar refractivity (Wildman–Crippen MR) is 236 cm³/mol. The molecule has 1 aromatic rings. The second kappa shape index (κ2) is 25.2. The van der Waals surface area contributed by atoms with Crippen LogP contribution in [0.2, 0.25) is 0 Å². The molecule has 9 N–H and O–H groups in total. The molecule has 0 saturated carbocycles. The summed E-state index contributed by atoms with van der Waals surface area (Å²) in [6.07, 6.45) is 12.2. The number of urea groups is 2. The van der Waals surface area contributed by atoms with Gasteiger partial charge in [0.05, 0.1) is 24.2 Å². The van der Waals surface area contributed by atoms with E-state index in [1.807, 2.05) is 29.6 Å². The molecule has 0 aliphatic carbocycles. The molecule has 15 nitrogen and oxygen atoms in total. The van der Waals surface area contributed by atoms with E-state index in [1.54, 1.807) is 12.1 Å². The number of rotatable bonds is 29. The highest BCUT2D eigenvalue weighted by molar-refractivity contribution is 8.00. The Morgan fingerprint density at radius 2 is 1.03 bits per heavy atom. The van der Waals surface area contributed by atoms with Crippen LogP contribution in [-0.2, 0) is 32.0 Å². The first-order chi connectivity index (χ1) is 29.1. The fourth-order valence-corrected chi connectivity index (χ4v) is 11.5. The summed E-state index contributed by atoms with van der Waals surface area (Å²) < 4.78 is 0. The van der Waals surface area contributed by atoms with E-state index in [-0.39, 0.29) is 78.4 Å². The Bertz CT molecular complexity index is 1550. The quantitative estimate of drug-likeness (QED) is 0.0432. The van der Waals surface area contributed by atoms with Crippen molar-refractivity contribution in [3.8, 4) is 0 Å². The maximum atomic E-state index is 13.0. The molecule has 4 heterocycles. The van der Waals surface area contributed by atoms with Gasteiger partial charge in [-0.1, -0.05) is 31.7 Å². The molecular weight excluding hydrogens is 805 g/mol. The molecule has 0 bridgehead atoms. The van der Waals surface area contributed by atoms with Gasteiger partial charge < -0.3 is 43.0 Å². The zero-order valence-electron chi connectivity index (χ0n) is 34.9. The summed E-state index contributed by atoms with van der Waals surface area (Å²) in [6.45, 7) is 1.76. The third-order valence-electron chi connectivity index (χ3n) is 11.6. The summed E-state index contributed by atoms with van der Waals surface area (Å²) in [5.74, 6) is 1.78. The molecule has 6 unspecified atom stereocenters. The molecule has 4 aliphatic heterocycles. The number of carbonyl (C=O) groups excluding carboxylic acids is 7. The number of unbranched alkanes of at least 4 members (excludes halogenated alkanes) is 6. The molecule has 4 saturated heterocycles. The third kappa shape index (κ3) is 15.9. The van der Waals surface area contributed by atoms with Crippen LogP contribution in [0.25, 0.3) is 0 Å². The van der Waals surface area contributed by atoms with E-state index in [0.717, 1.165) is 75.7 Å². The number of nitrogens with one attached hydrogen (secondary N) is 7. The van der Waals surface area contributed by atoms with Crippen LogP contribution in [0.1, 0.15) is 124 Å². The molecule has 1 aromatic carbocycles. The van der Waals surface area contributed by atoms with E-state index in [9.17, 15) is 33.6 Å². The zero-order valence-corrected chi connectivity index (χ0v) is 36.6. The summed E-state index contributed by atoms with van der Waals surface area (Å²) in [5.41, 5.74) is 7.39. The largest absolute Gasteiger partial charge is 0.356 e. The van der Waals surface area contributed by atoms with Crippen molar-refractivity contribution in [1.82, 2.24) is 37.2 Å². The van der Waals surface area contributed by atoms with Crippen LogP contribution < -0.4 is 43.0 Å². The minimum absolute atomic E-state index is 0.0420. The molecule has 4 aliphatic rings. The van der Waals surface area contributed by atoms with Gasteiger partial charge in [0.15, 0.2) is 0 Å². The van der Waals surface area contributed by atoms with Crippen LogP contribution in [-0.4, -0.2) is 114 Å². The van der Waals surface area contributed by atoms with Gasteiger partial charge in [0.1, 0.15) is 11.6 Å². The van der Waals surface area contributed by atoms with Gasteiger partial charge in [-0.25, -0.2) is 9.59 Å². The predicted octanol–water partition coefficient (Wildman–Crippen LogP) is 3.40. The first-order valence-corrected chi connectivity index (χ1v) is 24.2. The lowest BCUT2D eigenvalue weighted by atomic mass is 9.96. The molecule has 6 atom stereocenters.